The molecule has 0 spiro atoms. The summed E-state index contributed by atoms with van der Waals surface area (Å²) in [4.78, 5) is 25.2. The van der Waals surface area contributed by atoms with Crippen LogP contribution in [0.4, 0.5) is 5.69 Å². The first-order valence-corrected chi connectivity index (χ1v) is 5.20. The molecule has 0 aliphatic heterocycles. The number of benzene rings is 1. The molecule has 88 valence electrons. The number of hydrogen-bond donors (Lipinski definition) is 3. The fourth-order valence-corrected chi connectivity index (χ4v) is 1.76. The van der Waals surface area contributed by atoms with Crippen molar-refractivity contribution in [2.24, 2.45) is 0 Å². The molecule has 0 aliphatic carbocycles. The predicted octanol–water partition coefficient (Wildman–Crippen LogP) is 1.80. The molecule has 0 radical (unpaired) electrons. The molecule has 1 heterocycles. The number of carboxylic acid groups (broad SMARTS) is 1. The van der Waals surface area contributed by atoms with Gasteiger partial charge in [-0.2, -0.15) is 0 Å². The standard InChI is InChI=1S/C12H12N2O3/c13-9-3-1-2-7-8(6-14-12(7)9)10(15)4-5-11(16)17/h1-3,6,14H,4-5,13H2,(H,16,17). The van der Waals surface area contributed by atoms with Crippen molar-refractivity contribution in [3.05, 3.63) is 30.0 Å². The lowest BCUT2D eigenvalue weighted by molar-refractivity contribution is -0.136. The van der Waals surface area contributed by atoms with E-state index in [1.807, 2.05) is 0 Å². The number of rotatable bonds is 4. The van der Waals surface area contributed by atoms with Crippen molar-refractivity contribution in [3.8, 4) is 0 Å². The first-order chi connectivity index (χ1) is 8.09. The van der Waals surface area contributed by atoms with E-state index < -0.39 is 5.97 Å². The second kappa shape index (κ2) is 4.29. The van der Waals surface area contributed by atoms with Gasteiger partial charge in [0.25, 0.3) is 0 Å². The van der Waals surface area contributed by atoms with E-state index in [0.29, 0.717) is 16.8 Å². The zero-order valence-electron chi connectivity index (χ0n) is 9.06. The third kappa shape index (κ3) is 2.13. The summed E-state index contributed by atoms with van der Waals surface area (Å²) in [6, 6.07) is 5.29. The second-order valence-corrected chi connectivity index (χ2v) is 3.79. The highest BCUT2D eigenvalue weighted by Crippen LogP contribution is 2.24. The number of hydrogen-bond acceptors (Lipinski definition) is 3. The maximum Gasteiger partial charge on any atom is 0.303 e. The Bertz CT molecular complexity index is 586. The molecule has 2 rings (SSSR count). The van der Waals surface area contributed by atoms with Crippen molar-refractivity contribution < 1.29 is 14.7 Å². The molecule has 4 N–H and O–H groups in total. The zero-order valence-corrected chi connectivity index (χ0v) is 9.06. The number of aromatic nitrogens is 1. The third-order valence-corrected chi connectivity index (χ3v) is 2.61. The molecule has 0 atom stereocenters. The second-order valence-electron chi connectivity index (χ2n) is 3.79. The molecule has 5 nitrogen and oxygen atoms in total. The van der Waals surface area contributed by atoms with Crippen molar-refractivity contribution in [1.29, 1.82) is 0 Å². The van der Waals surface area contributed by atoms with Crippen molar-refractivity contribution in [2.45, 2.75) is 12.8 Å². The van der Waals surface area contributed by atoms with Gasteiger partial charge in [-0.05, 0) is 6.07 Å². The average Bonchev–Trinajstić information content (AvgIpc) is 2.71. The molecule has 2 aromatic rings. The number of Topliss-reactive ketones (excluding diaryl/α,β-unsaturated/α-hetero) is 1. The van der Waals surface area contributed by atoms with Gasteiger partial charge in [0.2, 0.25) is 0 Å². The van der Waals surface area contributed by atoms with Gasteiger partial charge in [0.05, 0.1) is 17.6 Å². The van der Waals surface area contributed by atoms with Crippen molar-refractivity contribution in [3.63, 3.8) is 0 Å². The number of aromatic amines is 1. The lowest BCUT2D eigenvalue weighted by Crippen LogP contribution is -2.03. The highest BCUT2D eigenvalue weighted by Gasteiger charge is 2.14. The van der Waals surface area contributed by atoms with Gasteiger partial charge in [-0.3, -0.25) is 9.59 Å². The van der Waals surface area contributed by atoms with E-state index in [2.05, 4.69) is 4.98 Å². The summed E-state index contributed by atoms with van der Waals surface area (Å²) in [6.45, 7) is 0. The molecule has 17 heavy (non-hydrogen) atoms. The number of H-pyrrole nitrogens is 1. The van der Waals surface area contributed by atoms with Crippen LogP contribution in [0.3, 0.4) is 0 Å². The molecule has 5 heteroatoms. The maximum absolute atomic E-state index is 11.8. The Morgan fingerprint density at radius 2 is 2.06 bits per heavy atom. The Morgan fingerprint density at radius 1 is 1.29 bits per heavy atom. The van der Waals surface area contributed by atoms with Gasteiger partial charge in [-0.15, -0.1) is 0 Å². The SMILES string of the molecule is Nc1cccc2c(C(=O)CCC(=O)O)c[nH]c12. The van der Waals surface area contributed by atoms with Gasteiger partial charge in [-0.25, -0.2) is 0 Å². The topological polar surface area (TPSA) is 96.2 Å². The monoisotopic (exact) mass is 232 g/mol. The van der Waals surface area contributed by atoms with Crippen LogP contribution in [0.15, 0.2) is 24.4 Å². The Labute approximate surface area is 97.2 Å². The number of carbonyl (C=O) groups excluding carboxylic acids is 1. The molecular formula is C12H12N2O3. The molecule has 0 aliphatic rings. The van der Waals surface area contributed by atoms with E-state index >= 15 is 0 Å². The molecule has 1 aromatic carbocycles. The summed E-state index contributed by atoms with van der Waals surface area (Å²) in [5.41, 5.74) is 7.53. The summed E-state index contributed by atoms with van der Waals surface area (Å²) in [5.74, 6) is -1.16. The first-order valence-electron chi connectivity index (χ1n) is 5.20. The number of nitrogen functional groups attached to an aromatic ring is 1. The number of ketones is 1. The largest absolute Gasteiger partial charge is 0.481 e. The number of carboxylic acids is 1. The molecular weight excluding hydrogens is 220 g/mol. The fourth-order valence-electron chi connectivity index (χ4n) is 1.76. The number of carbonyl (C=O) groups is 2. The lowest BCUT2D eigenvalue weighted by atomic mass is 10.1. The quantitative estimate of drug-likeness (QED) is 0.553. The number of anilines is 1. The number of aliphatic carboxylic acids is 1. The van der Waals surface area contributed by atoms with Crippen LogP contribution in [-0.4, -0.2) is 21.8 Å². The van der Waals surface area contributed by atoms with Crippen molar-refractivity contribution >= 4 is 28.3 Å². The van der Waals surface area contributed by atoms with Crippen LogP contribution in [-0.2, 0) is 4.79 Å². The minimum atomic E-state index is -0.974. The van der Waals surface area contributed by atoms with E-state index in [1.54, 1.807) is 24.4 Å². The normalized spacial score (nSPS) is 10.6. The van der Waals surface area contributed by atoms with Crippen LogP contribution in [0.2, 0.25) is 0 Å². The molecule has 0 saturated heterocycles. The van der Waals surface area contributed by atoms with Crippen LogP contribution in [0, 0.1) is 0 Å². The average molecular weight is 232 g/mol. The van der Waals surface area contributed by atoms with Crippen LogP contribution >= 0.6 is 0 Å². The van der Waals surface area contributed by atoms with E-state index in [9.17, 15) is 9.59 Å². The van der Waals surface area contributed by atoms with Gasteiger partial charge in [0.1, 0.15) is 0 Å². The van der Waals surface area contributed by atoms with Gasteiger partial charge in [-0.1, -0.05) is 12.1 Å². The summed E-state index contributed by atoms with van der Waals surface area (Å²) in [7, 11) is 0. The van der Waals surface area contributed by atoms with Gasteiger partial charge >= 0.3 is 5.97 Å². The number of fused-ring (bicyclic) bond motifs is 1. The number of para-hydroxylation sites is 1. The number of nitrogens with two attached hydrogens (primary N) is 1. The van der Waals surface area contributed by atoms with Crippen LogP contribution in [0.1, 0.15) is 23.2 Å². The summed E-state index contributed by atoms with van der Waals surface area (Å²) < 4.78 is 0. The Morgan fingerprint density at radius 3 is 2.76 bits per heavy atom. The zero-order chi connectivity index (χ0) is 12.4. The molecule has 1 aromatic heterocycles. The van der Waals surface area contributed by atoms with Gasteiger partial charge in [0, 0.05) is 23.6 Å². The van der Waals surface area contributed by atoms with Crippen LogP contribution in [0.25, 0.3) is 10.9 Å². The molecule has 0 bridgehead atoms. The Balaban J connectivity index is 2.33. The van der Waals surface area contributed by atoms with Crippen molar-refractivity contribution in [1.82, 2.24) is 4.98 Å². The fraction of sp³-hybridized carbons (Fsp3) is 0.167. The Hall–Kier alpha value is -2.30. The maximum atomic E-state index is 11.8. The molecule has 0 saturated carbocycles. The van der Waals surface area contributed by atoms with Crippen LogP contribution < -0.4 is 5.73 Å². The molecule has 0 fully saturated rings. The number of nitrogens with one attached hydrogen (secondary N) is 1. The van der Waals surface area contributed by atoms with E-state index in [4.69, 9.17) is 10.8 Å². The highest BCUT2D eigenvalue weighted by atomic mass is 16.4. The van der Waals surface area contributed by atoms with Crippen LogP contribution in [0.5, 0.6) is 0 Å². The third-order valence-electron chi connectivity index (χ3n) is 2.61. The predicted molar refractivity (Wildman–Crippen MR) is 63.9 cm³/mol. The lowest BCUT2D eigenvalue weighted by Gasteiger charge is -1.98. The summed E-state index contributed by atoms with van der Waals surface area (Å²) >= 11 is 0. The Kier molecular flexibility index (Phi) is 2.82. The highest BCUT2D eigenvalue weighted by molar-refractivity contribution is 6.10. The molecule has 0 unspecified atom stereocenters. The summed E-state index contributed by atoms with van der Waals surface area (Å²) in [5, 5.41) is 9.27. The smallest absolute Gasteiger partial charge is 0.303 e. The minimum absolute atomic E-state index is 0.00289. The van der Waals surface area contributed by atoms with Gasteiger partial charge in [0.15, 0.2) is 5.78 Å². The van der Waals surface area contributed by atoms with Crippen molar-refractivity contribution in [2.75, 3.05) is 5.73 Å². The molecule has 0 amide bonds. The van der Waals surface area contributed by atoms with Gasteiger partial charge < -0.3 is 15.8 Å². The minimum Gasteiger partial charge on any atom is -0.481 e. The first kappa shape index (κ1) is 11.2. The van der Waals surface area contributed by atoms with E-state index in [-0.39, 0.29) is 18.6 Å². The summed E-state index contributed by atoms with van der Waals surface area (Å²) in [6.07, 6.45) is 1.41. The van der Waals surface area contributed by atoms with E-state index in [0.717, 1.165) is 5.39 Å². The van der Waals surface area contributed by atoms with E-state index in [1.165, 1.54) is 0 Å².